The van der Waals surface area contributed by atoms with E-state index in [-0.39, 0.29) is 6.29 Å². The lowest BCUT2D eigenvalue weighted by atomic mass is 10.1. The Labute approximate surface area is 82.9 Å². The zero-order valence-electron chi connectivity index (χ0n) is 7.77. The standard InChI is InChI=1S/C11H11NO2/c12-8-10-3-1-9(2-4-10)7-11-13-5-6-14-11/h1-4,11H,5-7H2. The van der Waals surface area contributed by atoms with Gasteiger partial charge < -0.3 is 9.47 Å². The number of nitrogens with zero attached hydrogens (tertiary/aromatic N) is 1. The molecule has 1 aromatic carbocycles. The molecule has 1 saturated heterocycles. The topological polar surface area (TPSA) is 42.2 Å². The van der Waals surface area contributed by atoms with Crippen LogP contribution in [0.25, 0.3) is 0 Å². The second-order valence-corrected chi connectivity index (χ2v) is 3.18. The summed E-state index contributed by atoms with van der Waals surface area (Å²) in [7, 11) is 0. The summed E-state index contributed by atoms with van der Waals surface area (Å²) in [4.78, 5) is 0. The zero-order valence-corrected chi connectivity index (χ0v) is 7.77. The first kappa shape index (κ1) is 9.20. The molecule has 0 aliphatic carbocycles. The first-order valence-electron chi connectivity index (χ1n) is 4.61. The molecule has 14 heavy (non-hydrogen) atoms. The van der Waals surface area contributed by atoms with Gasteiger partial charge in [-0.1, -0.05) is 12.1 Å². The summed E-state index contributed by atoms with van der Waals surface area (Å²) < 4.78 is 10.7. The van der Waals surface area contributed by atoms with Gasteiger partial charge in [0.15, 0.2) is 6.29 Å². The molecule has 2 rings (SSSR count). The zero-order chi connectivity index (χ0) is 9.80. The summed E-state index contributed by atoms with van der Waals surface area (Å²) >= 11 is 0. The Balaban J connectivity index is 1.99. The predicted molar refractivity (Wildman–Crippen MR) is 50.6 cm³/mol. The van der Waals surface area contributed by atoms with Crippen LogP contribution in [0.4, 0.5) is 0 Å². The summed E-state index contributed by atoms with van der Waals surface area (Å²) in [6.45, 7) is 1.36. The van der Waals surface area contributed by atoms with Crippen LogP contribution in [0.15, 0.2) is 24.3 Å². The third-order valence-electron chi connectivity index (χ3n) is 2.18. The lowest BCUT2D eigenvalue weighted by molar-refractivity contribution is -0.0399. The minimum absolute atomic E-state index is 0.108. The monoisotopic (exact) mass is 189 g/mol. The second kappa shape index (κ2) is 4.23. The molecule has 0 amide bonds. The van der Waals surface area contributed by atoms with Crippen LogP contribution in [-0.4, -0.2) is 19.5 Å². The van der Waals surface area contributed by atoms with Gasteiger partial charge in [-0.05, 0) is 17.7 Å². The number of benzene rings is 1. The summed E-state index contributed by atoms with van der Waals surface area (Å²) in [5, 5.41) is 8.61. The van der Waals surface area contributed by atoms with E-state index < -0.39 is 0 Å². The lowest BCUT2D eigenvalue weighted by Gasteiger charge is -2.08. The number of hydrogen-bond acceptors (Lipinski definition) is 3. The first-order chi connectivity index (χ1) is 6.88. The van der Waals surface area contributed by atoms with E-state index in [0.29, 0.717) is 18.8 Å². The maximum absolute atomic E-state index is 8.61. The molecule has 0 bridgehead atoms. The van der Waals surface area contributed by atoms with E-state index in [1.165, 1.54) is 0 Å². The Morgan fingerprint density at radius 2 is 1.86 bits per heavy atom. The van der Waals surface area contributed by atoms with Crippen LogP contribution in [0.3, 0.4) is 0 Å². The molecule has 0 unspecified atom stereocenters. The van der Waals surface area contributed by atoms with Crippen molar-refractivity contribution in [2.24, 2.45) is 0 Å². The van der Waals surface area contributed by atoms with Crippen molar-refractivity contribution in [3.8, 4) is 6.07 Å². The van der Waals surface area contributed by atoms with Crippen LogP contribution in [0, 0.1) is 11.3 Å². The van der Waals surface area contributed by atoms with E-state index in [0.717, 1.165) is 12.0 Å². The van der Waals surface area contributed by atoms with Gasteiger partial charge in [0.2, 0.25) is 0 Å². The largest absolute Gasteiger partial charge is 0.350 e. The van der Waals surface area contributed by atoms with Crippen molar-refractivity contribution < 1.29 is 9.47 Å². The molecule has 1 aliphatic heterocycles. The molecular weight excluding hydrogens is 178 g/mol. The van der Waals surface area contributed by atoms with Crippen LogP contribution in [0.5, 0.6) is 0 Å². The third kappa shape index (κ3) is 2.11. The van der Waals surface area contributed by atoms with E-state index in [1.807, 2.05) is 24.3 Å². The molecule has 0 radical (unpaired) electrons. The minimum atomic E-state index is -0.108. The molecule has 1 heterocycles. The van der Waals surface area contributed by atoms with Crippen LogP contribution < -0.4 is 0 Å². The van der Waals surface area contributed by atoms with Gasteiger partial charge in [-0.2, -0.15) is 5.26 Å². The third-order valence-corrected chi connectivity index (χ3v) is 2.18. The molecule has 1 fully saturated rings. The first-order valence-corrected chi connectivity index (χ1v) is 4.61. The molecule has 1 aliphatic rings. The van der Waals surface area contributed by atoms with Crippen molar-refractivity contribution in [1.82, 2.24) is 0 Å². The molecule has 0 atom stereocenters. The van der Waals surface area contributed by atoms with Gasteiger partial charge in [0.1, 0.15) is 0 Å². The molecule has 3 nitrogen and oxygen atoms in total. The fourth-order valence-electron chi connectivity index (χ4n) is 1.43. The molecule has 0 N–H and O–H groups in total. The fraction of sp³-hybridized carbons (Fsp3) is 0.364. The van der Waals surface area contributed by atoms with Crippen molar-refractivity contribution in [3.63, 3.8) is 0 Å². The minimum Gasteiger partial charge on any atom is -0.350 e. The maximum atomic E-state index is 8.61. The van der Waals surface area contributed by atoms with Gasteiger partial charge >= 0.3 is 0 Å². The van der Waals surface area contributed by atoms with Crippen LogP contribution in [0.1, 0.15) is 11.1 Å². The van der Waals surface area contributed by atoms with Crippen molar-refractivity contribution in [3.05, 3.63) is 35.4 Å². The number of ether oxygens (including phenoxy) is 2. The second-order valence-electron chi connectivity index (χ2n) is 3.18. The quantitative estimate of drug-likeness (QED) is 0.707. The van der Waals surface area contributed by atoms with E-state index in [4.69, 9.17) is 14.7 Å². The Hall–Kier alpha value is -1.37. The molecule has 0 spiro atoms. The average Bonchev–Trinajstić information content (AvgIpc) is 2.72. The van der Waals surface area contributed by atoms with Crippen molar-refractivity contribution >= 4 is 0 Å². The summed E-state index contributed by atoms with van der Waals surface area (Å²) in [6.07, 6.45) is 0.647. The van der Waals surface area contributed by atoms with Crippen molar-refractivity contribution in [2.45, 2.75) is 12.7 Å². The molecule has 3 heteroatoms. The van der Waals surface area contributed by atoms with Gasteiger partial charge in [-0.15, -0.1) is 0 Å². The molecule has 72 valence electrons. The Morgan fingerprint density at radius 1 is 1.21 bits per heavy atom. The van der Waals surface area contributed by atoms with Crippen molar-refractivity contribution in [2.75, 3.05) is 13.2 Å². The summed E-state index contributed by atoms with van der Waals surface area (Å²) in [5.41, 5.74) is 1.82. The average molecular weight is 189 g/mol. The highest BCUT2D eigenvalue weighted by molar-refractivity contribution is 5.31. The summed E-state index contributed by atoms with van der Waals surface area (Å²) in [5.74, 6) is 0. The lowest BCUT2D eigenvalue weighted by Crippen LogP contribution is -2.10. The van der Waals surface area contributed by atoms with Gasteiger partial charge in [-0.25, -0.2) is 0 Å². The Bertz CT molecular complexity index is 333. The Kier molecular flexibility index (Phi) is 2.78. The van der Waals surface area contributed by atoms with Gasteiger partial charge in [0.25, 0.3) is 0 Å². The molecule has 1 aromatic rings. The number of nitriles is 1. The molecule has 0 saturated carbocycles. The number of rotatable bonds is 2. The van der Waals surface area contributed by atoms with Gasteiger partial charge in [0.05, 0.1) is 24.8 Å². The highest BCUT2D eigenvalue weighted by Crippen LogP contribution is 2.12. The van der Waals surface area contributed by atoms with E-state index in [2.05, 4.69) is 6.07 Å². The van der Waals surface area contributed by atoms with E-state index in [1.54, 1.807) is 0 Å². The Morgan fingerprint density at radius 3 is 2.43 bits per heavy atom. The smallest absolute Gasteiger partial charge is 0.161 e. The van der Waals surface area contributed by atoms with Crippen LogP contribution in [-0.2, 0) is 15.9 Å². The van der Waals surface area contributed by atoms with Gasteiger partial charge in [0, 0.05) is 6.42 Å². The highest BCUT2D eigenvalue weighted by Gasteiger charge is 2.15. The SMILES string of the molecule is N#Cc1ccc(CC2OCCO2)cc1. The van der Waals surface area contributed by atoms with E-state index in [9.17, 15) is 0 Å². The highest BCUT2D eigenvalue weighted by atomic mass is 16.7. The normalized spacial score (nSPS) is 16.8. The van der Waals surface area contributed by atoms with E-state index >= 15 is 0 Å². The molecule has 0 aromatic heterocycles. The number of hydrogen-bond donors (Lipinski definition) is 0. The predicted octanol–water partition coefficient (Wildman–Crippen LogP) is 1.47. The van der Waals surface area contributed by atoms with Gasteiger partial charge in [-0.3, -0.25) is 0 Å². The summed E-state index contributed by atoms with van der Waals surface area (Å²) in [6, 6.07) is 9.57. The van der Waals surface area contributed by atoms with Crippen molar-refractivity contribution in [1.29, 1.82) is 5.26 Å². The van der Waals surface area contributed by atoms with Crippen LogP contribution >= 0.6 is 0 Å². The maximum Gasteiger partial charge on any atom is 0.161 e. The molecular formula is C11H11NO2. The van der Waals surface area contributed by atoms with Crippen LogP contribution in [0.2, 0.25) is 0 Å². The fourth-order valence-corrected chi connectivity index (χ4v) is 1.43.